The smallest absolute Gasteiger partial charge is 0.323 e. The fourth-order valence-corrected chi connectivity index (χ4v) is 2.27. The van der Waals surface area contributed by atoms with Crippen LogP contribution in [0.4, 0.5) is 17.1 Å². The monoisotopic (exact) mass is 325 g/mol. The third-order valence-electron chi connectivity index (χ3n) is 3.69. The molecule has 0 saturated carbocycles. The summed E-state index contributed by atoms with van der Waals surface area (Å²) in [6, 6.07) is 11.6. The number of hydrogen-bond donors (Lipinski definition) is 2. The molecule has 0 saturated heterocycles. The van der Waals surface area contributed by atoms with Crippen molar-refractivity contribution in [3.63, 3.8) is 0 Å². The second-order valence-corrected chi connectivity index (χ2v) is 5.46. The molecule has 0 bridgehead atoms. The average molecular weight is 325 g/mol. The molecule has 24 heavy (non-hydrogen) atoms. The van der Waals surface area contributed by atoms with Crippen LogP contribution in [0, 0.1) is 13.8 Å². The number of amides is 3. The molecule has 0 fully saturated rings. The average Bonchev–Trinajstić information content (AvgIpc) is 2.51. The molecule has 0 radical (unpaired) electrons. The minimum Gasteiger partial charge on any atom is -0.399 e. The van der Waals surface area contributed by atoms with Gasteiger partial charge < -0.3 is 11.1 Å². The molecule has 0 aliphatic heterocycles. The van der Waals surface area contributed by atoms with E-state index in [0.717, 1.165) is 16.0 Å². The van der Waals surface area contributed by atoms with Gasteiger partial charge in [-0.25, -0.2) is 4.90 Å². The van der Waals surface area contributed by atoms with Crippen molar-refractivity contribution in [2.24, 2.45) is 0 Å². The molecule has 2 aromatic rings. The Kier molecular flexibility index (Phi) is 4.99. The van der Waals surface area contributed by atoms with Crippen LogP contribution >= 0.6 is 0 Å². The summed E-state index contributed by atoms with van der Waals surface area (Å²) < 4.78 is 0. The summed E-state index contributed by atoms with van der Waals surface area (Å²) in [6.45, 7) is 4.96. The van der Waals surface area contributed by atoms with Gasteiger partial charge in [-0.15, -0.1) is 0 Å². The van der Waals surface area contributed by atoms with E-state index in [1.807, 2.05) is 19.9 Å². The van der Waals surface area contributed by atoms with Gasteiger partial charge >= 0.3 is 11.8 Å². The second-order valence-electron chi connectivity index (χ2n) is 5.46. The van der Waals surface area contributed by atoms with E-state index in [1.165, 1.54) is 13.0 Å². The van der Waals surface area contributed by atoms with Gasteiger partial charge in [0.05, 0.1) is 5.69 Å². The lowest BCUT2D eigenvalue weighted by molar-refractivity contribution is -0.136. The third kappa shape index (κ3) is 3.60. The minimum absolute atomic E-state index is 0.253. The quantitative estimate of drug-likeness (QED) is 0.655. The number of anilines is 3. The van der Waals surface area contributed by atoms with Gasteiger partial charge in [-0.3, -0.25) is 14.4 Å². The van der Waals surface area contributed by atoms with Crippen molar-refractivity contribution < 1.29 is 14.4 Å². The van der Waals surface area contributed by atoms with E-state index < -0.39 is 17.7 Å². The molecule has 0 heterocycles. The number of nitrogens with one attached hydrogen (secondary N) is 1. The molecule has 0 aliphatic carbocycles. The molecule has 2 aromatic carbocycles. The van der Waals surface area contributed by atoms with Crippen molar-refractivity contribution in [1.29, 1.82) is 0 Å². The highest BCUT2D eigenvalue weighted by Crippen LogP contribution is 2.20. The summed E-state index contributed by atoms with van der Waals surface area (Å²) in [6.07, 6.45) is 0. The maximum atomic E-state index is 12.4. The zero-order chi connectivity index (χ0) is 17.9. The highest BCUT2D eigenvalue weighted by atomic mass is 16.2. The van der Waals surface area contributed by atoms with Gasteiger partial charge in [0, 0.05) is 18.3 Å². The van der Waals surface area contributed by atoms with E-state index in [0.29, 0.717) is 11.4 Å². The lowest BCUT2D eigenvalue weighted by Crippen LogP contribution is -2.42. The first-order valence-corrected chi connectivity index (χ1v) is 7.39. The van der Waals surface area contributed by atoms with Gasteiger partial charge in [0.2, 0.25) is 5.91 Å². The van der Waals surface area contributed by atoms with Crippen molar-refractivity contribution in [3.05, 3.63) is 53.6 Å². The van der Waals surface area contributed by atoms with Crippen LogP contribution in [0.1, 0.15) is 18.1 Å². The molecule has 2 rings (SSSR count). The lowest BCUT2D eigenvalue weighted by Gasteiger charge is -2.19. The third-order valence-corrected chi connectivity index (χ3v) is 3.69. The molecule has 3 N–H and O–H groups in total. The molecule has 0 spiro atoms. The normalized spacial score (nSPS) is 10.1. The number of nitrogen functional groups attached to an aromatic ring is 1. The van der Waals surface area contributed by atoms with Crippen molar-refractivity contribution in [3.8, 4) is 0 Å². The number of rotatable bonds is 2. The molecule has 3 amide bonds. The Morgan fingerprint density at radius 3 is 2.33 bits per heavy atom. The first kappa shape index (κ1) is 17.2. The van der Waals surface area contributed by atoms with E-state index in [1.54, 1.807) is 30.3 Å². The number of nitrogens with zero attached hydrogens (tertiary/aromatic N) is 1. The van der Waals surface area contributed by atoms with E-state index in [-0.39, 0.29) is 5.69 Å². The van der Waals surface area contributed by atoms with Gasteiger partial charge in [0.25, 0.3) is 0 Å². The first-order chi connectivity index (χ1) is 11.3. The van der Waals surface area contributed by atoms with Crippen molar-refractivity contribution >= 4 is 34.8 Å². The lowest BCUT2D eigenvalue weighted by atomic mass is 10.1. The maximum Gasteiger partial charge on any atom is 0.323 e. The Hall–Kier alpha value is -3.15. The van der Waals surface area contributed by atoms with Gasteiger partial charge in [-0.1, -0.05) is 18.2 Å². The summed E-state index contributed by atoms with van der Waals surface area (Å²) in [5.41, 5.74) is 8.70. The zero-order valence-electron chi connectivity index (χ0n) is 13.8. The van der Waals surface area contributed by atoms with E-state index in [9.17, 15) is 14.4 Å². The summed E-state index contributed by atoms with van der Waals surface area (Å²) in [5, 5.41) is 2.56. The maximum absolute atomic E-state index is 12.4. The standard InChI is InChI=1S/C18H19N3O3/c1-11-6-4-9-16(12(11)2)20-17(23)18(24)21(13(3)22)15-8-5-7-14(19)10-15/h4-10H,19H2,1-3H3,(H,20,23). The van der Waals surface area contributed by atoms with Crippen LogP contribution < -0.4 is 16.0 Å². The Bertz CT molecular complexity index is 815. The van der Waals surface area contributed by atoms with Gasteiger partial charge in [0.15, 0.2) is 0 Å². The number of aryl methyl sites for hydroxylation is 1. The number of hydrogen-bond acceptors (Lipinski definition) is 4. The Balaban J connectivity index is 2.28. The molecule has 6 heteroatoms. The minimum atomic E-state index is -0.964. The predicted octanol–water partition coefficient (Wildman–Crippen LogP) is 2.40. The molecule has 124 valence electrons. The topological polar surface area (TPSA) is 92.5 Å². The number of carbonyl (C=O) groups excluding carboxylic acids is 3. The zero-order valence-corrected chi connectivity index (χ0v) is 13.8. The van der Waals surface area contributed by atoms with Gasteiger partial charge in [-0.2, -0.15) is 0 Å². The fraction of sp³-hybridized carbons (Fsp3) is 0.167. The van der Waals surface area contributed by atoms with Crippen LogP contribution in [0.5, 0.6) is 0 Å². The molecule has 0 unspecified atom stereocenters. The molecule has 6 nitrogen and oxygen atoms in total. The summed E-state index contributed by atoms with van der Waals surface area (Å²) in [5.74, 6) is -2.42. The molecule has 0 atom stereocenters. The summed E-state index contributed by atoms with van der Waals surface area (Å²) in [4.78, 5) is 37.4. The second kappa shape index (κ2) is 6.95. The Labute approximate surface area is 140 Å². The van der Waals surface area contributed by atoms with Crippen LogP contribution in [0.15, 0.2) is 42.5 Å². The summed E-state index contributed by atoms with van der Waals surface area (Å²) >= 11 is 0. The molecular formula is C18H19N3O3. The van der Waals surface area contributed by atoms with Crippen molar-refractivity contribution in [2.75, 3.05) is 16.0 Å². The van der Waals surface area contributed by atoms with Crippen molar-refractivity contribution in [2.45, 2.75) is 20.8 Å². The Morgan fingerprint density at radius 1 is 1.04 bits per heavy atom. The predicted molar refractivity (Wildman–Crippen MR) is 93.6 cm³/mol. The van der Waals surface area contributed by atoms with E-state index in [4.69, 9.17) is 5.73 Å². The van der Waals surface area contributed by atoms with Crippen LogP contribution in [-0.2, 0) is 14.4 Å². The number of imide groups is 1. The summed E-state index contributed by atoms with van der Waals surface area (Å²) in [7, 11) is 0. The molecular weight excluding hydrogens is 306 g/mol. The van der Waals surface area contributed by atoms with E-state index in [2.05, 4.69) is 5.32 Å². The number of carbonyl (C=O) groups is 3. The van der Waals surface area contributed by atoms with Crippen molar-refractivity contribution in [1.82, 2.24) is 0 Å². The molecule has 0 aliphatic rings. The van der Waals surface area contributed by atoms with Crippen LogP contribution in [0.25, 0.3) is 0 Å². The molecule has 0 aromatic heterocycles. The van der Waals surface area contributed by atoms with E-state index >= 15 is 0 Å². The van der Waals surface area contributed by atoms with Crippen LogP contribution in [-0.4, -0.2) is 17.7 Å². The number of benzene rings is 2. The van der Waals surface area contributed by atoms with Crippen LogP contribution in [0.3, 0.4) is 0 Å². The van der Waals surface area contributed by atoms with Gasteiger partial charge in [-0.05, 0) is 49.2 Å². The van der Waals surface area contributed by atoms with Gasteiger partial charge in [0.1, 0.15) is 0 Å². The Morgan fingerprint density at radius 2 is 1.71 bits per heavy atom. The highest BCUT2D eigenvalue weighted by molar-refractivity contribution is 6.48. The SMILES string of the molecule is CC(=O)N(C(=O)C(=O)Nc1cccc(C)c1C)c1cccc(N)c1. The van der Waals surface area contributed by atoms with Crippen LogP contribution in [0.2, 0.25) is 0 Å². The largest absolute Gasteiger partial charge is 0.399 e. The highest BCUT2D eigenvalue weighted by Gasteiger charge is 2.27. The first-order valence-electron chi connectivity index (χ1n) is 7.39. The fourth-order valence-electron chi connectivity index (χ4n) is 2.27. The number of nitrogens with two attached hydrogens (primary N) is 1.